The SMILES string of the molecule is C[C@H]1CN(CCN2CCC(NC(=O)Oc3cc4c(OCc5coc6ccccc56)cccc4[nH]3)CC2)CC[C@@H]1O. The van der Waals surface area contributed by atoms with Gasteiger partial charge in [-0.2, -0.15) is 0 Å². The van der Waals surface area contributed by atoms with Crippen LogP contribution in [0.3, 0.4) is 0 Å². The first kappa shape index (κ1) is 26.7. The molecular weight excluding hydrogens is 508 g/mol. The largest absolute Gasteiger partial charge is 0.488 e. The van der Waals surface area contributed by atoms with E-state index in [0.29, 0.717) is 24.2 Å². The highest BCUT2D eigenvalue weighted by Gasteiger charge is 2.26. The number of H-pyrrole nitrogens is 1. The van der Waals surface area contributed by atoms with E-state index in [4.69, 9.17) is 13.9 Å². The fourth-order valence-corrected chi connectivity index (χ4v) is 5.89. The van der Waals surface area contributed by atoms with Crippen molar-refractivity contribution in [2.24, 2.45) is 5.92 Å². The third-order valence-electron chi connectivity index (χ3n) is 8.33. The van der Waals surface area contributed by atoms with E-state index in [0.717, 1.165) is 86.0 Å². The first-order chi connectivity index (χ1) is 19.5. The van der Waals surface area contributed by atoms with Gasteiger partial charge in [0.05, 0.1) is 17.9 Å². The van der Waals surface area contributed by atoms with Crippen LogP contribution in [0.2, 0.25) is 0 Å². The van der Waals surface area contributed by atoms with Crippen molar-refractivity contribution >= 4 is 28.0 Å². The predicted octanol–water partition coefficient (Wildman–Crippen LogP) is 4.75. The average Bonchev–Trinajstić information content (AvgIpc) is 3.57. The van der Waals surface area contributed by atoms with Crippen molar-refractivity contribution in [2.45, 2.75) is 44.9 Å². The van der Waals surface area contributed by atoms with Gasteiger partial charge in [-0.1, -0.05) is 31.2 Å². The number of para-hydroxylation sites is 1. The second kappa shape index (κ2) is 11.9. The van der Waals surface area contributed by atoms with Gasteiger partial charge < -0.3 is 39.1 Å². The Morgan fingerprint density at radius 3 is 2.70 bits per heavy atom. The number of piperidine rings is 2. The van der Waals surface area contributed by atoms with Gasteiger partial charge in [-0.15, -0.1) is 0 Å². The van der Waals surface area contributed by atoms with Crippen LogP contribution in [0.15, 0.2) is 59.2 Å². The van der Waals surface area contributed by atoms with Crippen molar-refractivity contribution in [3.05, 3.63) is 60.4 Å². The van der Waals surface area contributed by atoms with Crippen LogP contribution in [-0.2, 0) is 6.61 Å². The number of carbonyl (C=O) groups is 1. The molecule has 2 aromatic carbocycles. The predicted molar refractivity (Wildman–Crippen MR) is 154 cm³/mol. The highest BCUT2D eigenvalue weighted by atomic mass is 16.6. The van der Waals surface area contributed by atoms with Gasteiger partial charge >= 0.3 is 6.09 Å². The third-order valence-corrected chi connectivity index (χ3v) is 8.33. The molecule has 1 amide bonds. The first-order valence-electron chi connectivity index (χ1n) is 14.3. The average molecular weight is 547 g/mol. The zero-order valence-electron chi connectivity index (χ0n) is 23.0. The number of aromatic amines is 1. The number of nitrogens with one attached hydrogen (secondary N) is 2. The molecule has 2 aliphatic heterocycles. The molecule has 2 aromatic heterocycles. The number of fused-ring (bicyclic) bond motifs is 2. The zero-order valence-corrected chi connectivity index (χ0v) is 23.0. The van der Waals surface area contributed by atoms with Gasteiger partial charge in [-0.05, 0) is 43.4 Å². The minimum atomic E-state index is -0.446. The number of ether oxygens (including phenoxy) is 2. The van der Waals surface area contributed by atoms with Crippen molar-refractivity contribution in [3.63, 3.8) is 0 Å². The summed E-state index contributed by atoms with van der Waals surface area (Å²) in [5, 5.41) is 14.9. The highest BCUT2D eigenvalue weighted by Crippen LogP contribution is 2.31. The molecule has 6 rings (SSSR count). The number of aliphatic hydroxyl groups excluding tert-OH is 1. The molecule has 2 atom stereocenters. The summed E-state index contributed by atoms with van der Waals surface area (Å²) in [6.07, 6.45) is 3.79. The Morgan fingerprint density at radius 2 is 1.85 bits per heavy atom. The summed E-state index contributed by atoms with van der Waals surface area (Å²) >= 11 is 0. The molecule has 0 radical (unpaired) electrons. The van der Waals surface area contributed by atoms with Crippen LogP contribution in [0.25, 0.3) is 21.9 Å². The lowest BCUT2D eigenvalue weighted by molar-refractivity contribution is 0.0302. The van der Waals surface area contributed by atoms with Gasteiger partial charge in [0.15, 0.2) is 0 Å². The number of hydrogen-bond acceptors (Lipinski definition) is 7. The van der Waals surface area contributed by atoms with E-state index in [1.807, 2.05) is 42.5 Å². The number of nitrogens with zero attached hydrogens (tertiary/aromatic N) is 2. The van der Waals surface area contributed by atoms with E-state index >= 15 is 0 Å². The summed E-state index contributed by atoms with van der Waals surface area (Å²) in [6, 6.07) is 15.5. The molecule has 2 aliphatic rings. The molecule has 0 saturated carbocycles. The normalized spacial score (nSPS) is 21.1. The van der Waals surface area contributed by atoms with E-state index in [2.05, 4.69) is 27.0 Å². The summed E-state index contributed by atoms with van der Waals surface area (Å²) in [5.41, 5.74) is 2.65. The molecule has 2 saturated heterocycles. The van der Waals surface area contributed by atoms with Crippen molar-refractivity contribution in [2.75, 3.05) is 39.3 Å². The third kappa shape index (κ3) is 6.11. The Balaban J connectivity index is 0.977. The van der Waals surface area contributed by atoms with E-state index in [1.165, 1.54) is 0 Å². The van der Waals surface area contributed by atoms with Crippen molar-refractivity contribution in [1.29, 1.82) is 0 Å². The molecule has 9 nitrogen and oxygen atoms in total. The fourth-order valence-electron chi connectivity index (χ4n) is 5.89. The van der Waals surface area contributed by atoms with Gasteiger partial charge in [0, 0.05) is 67.7 Å². The molecule has 0 aliphatic carbocycles. The molecule has 0 spiro atoms. The zero-order chi connectivity index (χ0) is 27.5. The van der Waals surface area contributed by atoms with Crippen LogP contribution in [0.1, 0.15) is 31.7 Å². The molecule has 3 N–H and O–H groups in total. The summed E-state index contributed by atoms with van der Waals surface area (Å²) in [5.74, 6) is 1.43. The van der Waals surface area contributed by atoms with Gasteiger partial charge in [-0.25, -0.2) is 4.79 Å². The highest BCUT2D eigenvalue weighted by molar-refractivity contribution is 5.88. The molecule has 0 bridgehead atoms. The minimum absolute atomic E-state index is 0.0990. The quantitative estimate of drug-likeness (QED) is 0.293. The van der Waals surface area contributed by atoms with E-state index in [1.54, 1.807) is 12.3 Å². The summed E-state index contributed by atoms with van der Waals surface area (Å²) in [4.78, 5) is 20.8. The molecule has 4 heterocycles. The van der Waals surface area contributed by atoms with Gasteiger partial charge in [0.2, 0.25) is 5.88 Å². The molecule has 212 valence electrons. The molecule has 2 fully saturated rings. The minimum Gasteiger partial charge on any atom is -0.488 e. The number of hydrogen-bond donors (Lipinski definition) is 3. The smallest absolute Gasteiger partial charge is 0.414 e. The first-order valence-corrected chi connectivity index (χ1v) is 14.3. The topological polar surface area (TPSA) is 103 Å². The lowest BCUT2D eigenvalue weighted by Crippen LogP contribution is -2.48. The second-order valence-corrected chi connectivity index (χ2v) is 11.2. The lowest BCUT2D eigenvalue weighted by Gasteiger charge is -2.37. The number of benzene rings is 2. The molecule has 4 aromatic rings. The van der Waals surface area contributed by atoms with Crippen LogP contribution in [0.4, 0.5) is 4.79 Å². The van der Waals surface area contributed by atoms with Gasteiger partial charge in [0.1, 0.15) is 17.9 Å². The Kier molecular flexibility index (Phi) is 7.95. The fraction of sp³-hybridized carbons (Fsp3) is 0.452. The molecular formula is C31H38N4O5. The van der Waals surface area contributed by atoms with Gasteiger partial charge in [-0.3, -0.25) is 0 Å². The number of rotatable bonds is 8. The van der Waals surface area contributed by atoms with Crippen LogP contribution < -0.4 is 14.8 Å². The summed E-state index contributed by atoms with van der Waals surface area (Å²) < 4.78 is 17.4. The standard InChI is InChI=1S/C31H38N4O5/c1-21-18-35(14-11-27(21)36)16-15-34-12-9-23(10-13-34)32-31(37)40-30-17-25-26(33-30)6-4-8-29(25)39-20-22-19-38-28-7-3-2-5-24(22)28/h2-8,17,19,21,23,27,33,36H,9-16,18,20H2,1H3,(H,32,37)/t21-,27-/m0/s1. The maximum absolute atomic E-state index is 12.7. The molecule has 0 unspecified atom stereocenters. The second-order valence-electron chi connectivity index (χ2n) is 11.2. The summed E-state index contributed by atoms with van der Waals surface area (Å²) in [6.45, 7) is 8.40. The van der Waals surface area contributed by atoms with Crippen LogP contribution in [0, 0.1) is 5.92 Å². The van der Waals surface area contributed by atoms with E-state index in [9.17, 15) is 9.90 Å². The van der Waals surface area contributed by atoms with Crippen molar-refractivity contribution in [1.82, 2.24) is 20.1 Å². The van der Waals surface area contributed by atoms with Crippen molar-refractivity contribution < 1.29 is 23.8 Å². The van der Waals surface area contributed by atoms with E-state index < -0.39 is 6.09 Å². The van der Waals surface area contributed by atoms with Crippen LogP contribution in [0.5, 0.6) is 11.6 Å². The summed E-state index contributed by atoms with van der Waals surface area (Å²) in [7, 11) is 0. The lowest BCUT2D eigenvalue weighted by atomic mass is 9.97. The van der Waals surface area contributed by atoms with Crippen LogP contribution >= 0.6 is 0 Å². The Bertz CT molecular complexity index is 1440. The number of carbonyl (C=O) groups excluding carboxylic acids is 1. The maximum Gasteiger partial charge on any atom is 0.414 e. The van der Waals surface area contributed by atoms with Gasteiger partial charge in [0.25, 0.3) is 0 Å². The number of amides is 1. The Labute approximate surface area is 234 Å². The number of aromatic nitrogens is 1. The molecule has 40 heavy (non-hydrogen) atoms. The Morgan fingerprint density at radius 1 is 1.05 bits per heavy atom. The monoisotopic (exact) mass is 546 g/mol. The maximum atomic E-state index is 12.7. The van der Waals surface area contributed by atoms with Crippen LogP contribution in [-0.4, -0.2) is 77.4 Å². The number of furan rings is 1. The molecule has 9 heteroatoms. The Hall–Kier alpha value is -3.53. The number of likely N-dealkylation sites (tertiary alicyclic amines) is 2. The number of aliphatic hydroxyl groups is 1. The van der Waals surface area contributed by atoms with E-state index in [-0.39, 0.29) is 12.1 Å². The van der Waals surface area contributed by atoms with Crippen molar-refractivity contribution in [3.8, 4) is 11.6 Å².